The molecule has 271 valence electrons. The fraction of sp³-hybridized carbons (Fsp3) is 0.250. The molecule has 0 fully saturated rings. The van der Waals surface area contributed by atoms with E-state index in [1.807, 2.05) is 36.4 Å². The van der Waals surface area contributed by atoms with Crippen LogP contribution in [-0.4, -0.2) is 29.9 Å². The Hall–Kier alpha value is -5.11. The van der Waals surface area contributed by atoms with E-state index in [0.29, 0.717) is 23.2 Å². The van der Waals surface area contributed by atoms with Gasteiger partial charge in [-0.2, -0.15) is 0 Å². The van der Waals surface area contributed by atoms with Crippen LogP contribution in [0.4, 0.5) is 4.39 Å². The third-order valence-corrected chi connectivity index (χ3v) is 9.17. The van der Waals surface area contributed by atoms with E-state index in [0.717, 1.165) is 56.2 Å². The normalized spacial score (nSPS) is 12.8. The molecule has 8 aromatic rings. The second-order valence-electron chi connectivity index (χ2n) is 14.5. The van der Waals surface area contributed by atoms with Gasteiger partial charge in [0, 0.05) is 47.3 Å². The van der Waals surface area contributed by atoms with E-state index in [-0.39, 0.29) is 36.6 Å². The number of aryl methyl sites for hydroxylation is 1. The maximum atomic E-state index is 14.1. The molecule has 0 atom stereocenters. The summed E-state index contributed by atoms with van der Waals surface area (Å²) in [5.41, 5.74) is 8.91. The molecule has 0 aliphatic heterocycles. The van der Waals surface area contributed by atoms with Crippen molar-refractivity contribution in [2.24, 2.45) is 0 Å². The molecule has 0 spiro atoms. The Morgan fingerprint density at radius 3 is 2.28 bits per heavy atom. The molecular formula is C44H41FIrN6O-2. The number of benzene rings is 4. The van der Waals surface area contributed by atoms with E-state index in [1.165, 1.54) is 17.2 Å². The van der Waals surface area contributed by atoms with Crippen molar-refractivity contribution < 1.29 is 33.0 Å². The number of furan rings is 1. The van der Waals surface area contributed by atoms with Crippen LogP contribution >= 0.6 is 0 Å². The number of fused-ring (bicyclic) bond motifs is 4. The quantitative estimate of drug-likeness (QED) is 0.160. The third kappa shape index (κ3) is 7.28. The van der Waals surface area contributed by atoms with Gasteiger partial charge < -0.3 is 14.0 Å². The fourth-order valence-electron chi connectivity index (χ4n) is 6.43. The van der Waals surface area contributed by atoms with Crippen LogP contribution in [0.2, 0.25) is 0 Å². The van der Waals surface area contributed by atoms with Gasteiger partial charge in [0.05, 0.1) is 17.6 Å². The Balaban J connectivity index is 0.000000209. The van der Waals surface area contributed by atoms with E-state index in [1.54, 1.807) is 18.5 Å². The minimum absolute atomic E-state index is 0. The van der Waals surface area contributed by atoms with Crippen LogP contribution in [0.15, 0.2) is 95.7 Å². The maximum Gasteiger partial charge on any atom is 0.194 e. The van der Waals surface area contributed by atoms with Gasteiger partial charge >= 0.3 is 0 Å². The molecule has 0 bridgehead atoms. The Labute approximate surface area is 327 Å². The number of rotatable bonds is 5. The minimum atomic E-state index is -2.33. The number of hydrogen-bond acceptors (Lipinski definition) is 6. The van der Waals surface area contributed by atoms with Crippen LogP contribution in [0, 0.1) is 24.8 Å². The summed E-state index contributed by atoms with van der Waals surface area (Å²) < 4.78 is 44.4. The SMILES string of the molecule is CC(C)c1cccc(C(C)C)c1-n1c(-c2[c-]ccc3c2oc2ccccc23)nc2nnncc21.[2H]C([2H])([2H])c1c[c-]c(-c2ccc(C(C)(C)C)cn2)c(F)c1.[Ir]. The van der Waals surface area contributed by atoms with Crippen molar-refractivity contribution in [1.29, 1.82) is 0 Å². The van der Waals surface area contributed by atoms with E-state index in [2.05, 4.69) is 110 Å². The molecule has 9 heteroatoms. The first-order valence-electron chi connectivity index (χ1n) is 18.8. The van der Waals surface area contributed by atoms with Crippen molar-refractivity contribution in [3.8, 4) is 28.3 Å². The molecule has 53 heavy (non-hydrogen) atoms. The number of imidazole rings is 1. The first-order chi connectivity index (χ1) is 26.1. The Bertz CT molecular complexity index is 2640. The molecule has 4 aromatic carbocycles. The summed E-state index contributed by atoms with van der Waals surface area (Å²) in [4.78, 5) is 9.19. The number of hydrogen-bond donors (Lipinski definition) is 0. The Kier molecular flexibility index (Phi) is 9.60. The van der Waals surface area contributed by atoms with Crippen molar-refractivity contribution in [3.63, 3.8) is 0 Å². The van der Waals surface area contributed by atoms with Crippen molar-refractivity contribution in [2.75, 3.05) is 0 Å². The Morgan fingerprint density at radius 2 is 1.62 bits per heavy atom. The van der Waals surface area contributed by atoms with Crippen molar-refractivity contribution >= 4 is 33.1 Å². The fourth-order valence-corrected chi connectivity index (χ4v) is 6.43. The van der Waals surface area contributed by atoms with Crippen LogP contribution in [-0.2, 0) is 25.5 Å². The van der Waals surface area contributed by atoms with E-state index in [9.17, 15) is 4.39 Å². The third-order valence-electron chi connectivity index (χ3n) is 9.17. The second kappa shape index (κ2) is 15.1. The van der Waals surface area contributed by atoms with Crippen LogP contribution in [0.1, 0.15) is 86.7 Å². The summed E-state index contributed by atoms with van der Waals surface area (Å²) in [5.74, 6) is 0.719. The minimum Gasteiger partial charge on any atom is -0.501 e. The molecular weight excluding hydrogens is 840 g/mol. The summed E-state index contributed by atoms with van der Waals surface area (Å²) >= 11 is 0. The number of nitrogens with zero attached hydrogens (tertiary/aromatic N) is 6. The van der Waals surface area contributed by atoms with Gasteiger partial charge in [-0.15, -0.1) is 52.2 Å². The van der Waals surface area contributed by atoms with Gasteiger partial charge in [0.1, 0.15) is 11.1 Å². The molecule has 8 rings (SSSR count). The molecule has 0 aliphatic carbocycles. The number of aromatic nitrogens is 6. The zero-order chi connectivity index (χ0) is 39.2. The van der Waals surface area contributed by atoms with Gasteiger partial charge in [-0.25, -0.2) is 0 Å². The maximum absolute atomic E-state index is 14.1. The number of pyridine rings is 1. The Morgan fingerprint density at radius 1 is 0.868 bits per heavy atom. The largest absolute Gasteiger partial charge is 0.501 e. The first kappa shape index (κ1) is 33.7. The van der Waals surface area contributed by atoms with Gasteiger partial charge in [-0.1, -0.05) is 120 Å². The van der Waals surface area contributed by atoms with E-state index < -0.39 is 12.7 Å². The average Bonchev–Trinajstić information content (AvgIpc) is 3.73. The van der Waals surface area contributed by atoms with E-state index >= 15 is 0 Å². The summed E-state index contributed by atoms with van der Waals surface area (Å²) in [6, 6.07) is 30.6. The van der Waals surface area contributed by atoms with Crippen molar-refractivity contribution in [1.82, 2.24) is 29.9 Å². The zero-order valence-corrected chi connectivity index (χ0v) is 33.0. The molecule has 0 unspecified atom stereocenters. The molecule has 0 N–H and O–H groups in total. The van der Waals surface area contributed by atoms with Gasteiger partial charge in [0.15, 0.2) is 5.65 Å². The van der Waals surface area contributed by atoms with E-state index in [4.69, 9.17) is 13.5 Å². The summed E-state index contributed by atoms with van der Waals surface area (Å²) in [5, 5.41) is 14.3. The summed E-state index contributed by atoms with van der Waals surface area (Å²) in [7, 11) is 0. The average molecular weight is 884 g/mol. The van der Waals surface area contributed by atoms with Gasteiger partial charge in [0.2, 0.25) is 0 Å². The topological polar surface area (TPSA) is 82.5 Å². The van der Waals surface area contributed by atoms with Gasteiger partial charge in [0.25, 0.3) is 0 Å². The molecule has 0 saturated carbocycles. The van der Waals surface area contributed by atoms with Crippen LogP contribution in [0.3, 0.4) is 0 Å². The van der Waals surface area contributed by atoms with Gasteiger partial charge in [-0.05, 0) is 50.9 Å². The zero-order valence-electron chi connectivity index (χ0n) is 33.6. The summed E-state index contributed by atoms with van der Waals surface area (Å²) in [6.07, 6.45) is 3.44. The van der Waals surface area contributed by atoms with Gasteiger partial charge in [-0.3, -0.25) is 9.37 Å². The molecule has 0 saturated heterocycles. The molecule has 1 radical (unpaired) electrons. The smallest absolute Gasteiger partial charge is 0.194 e. The molecule has 0 amide bonds. The van der Waals surface area contributed by atoms with Crippen molar-refractivity contribution in [3.05, 3.63) is 131 Å². The van der Waals surface area contributed by atoms with Crippen molar-refractivity contribution in [2.45, 2.75) is 72.6 Å². The number of para-hydroxylation sites is 2. The van der Waals surface area contributed by atoms with Crippen LogP contribution in [0.25, 0.3) is 61.4 Å². The molecule has 7 nitrogen and oxygen atoms in total. The monoisotopic (exact) mass is 884 g/mol. The summed E-state index contributed by atoms with van der Waals surface area (Å²) in [6.45, 7) is 12.7. The number of halogens is 1. The molecule has 0 aliphatic rings. The predicted molar refractivity (Wildman–Crippen MR) is 206 cm³/mol. The van der Waals surface area contributed by atoms with Crippen LogP contribution in [0.5, 0.6) is 0 Å². The second-order valence-corrected chi connectivity index (χ2v) is 14.5. The predicted octanol–water partition coefficient (Wildman–Crippen LogP) is 11.1. The standard InChI is InChI=1S/C28H24N5O.C16H17FN.Ir/c1-16(2)18-10-7-11-19(17(3)4)25(18)33-23-15-29-32-31-27(23)30-28(33)22-13-8-12-21-20-9-5-6-14-24(20)34-26(21)22;1-11-5-7-13(14(17)9-11)15-8-6-12(10-18-15)16(2,3)4;/h5-12,14-17H,1-4H3;5-6,8-10H,1-4H3;/q2*-1;/i;1D3;. The first-order valence-corrected chi connectivity index (χ1v) is 17.3. The molecule has 4 aromatic heterocycles. The van der Waals surface area contributed by atoms with Crippen LogP contribution < -0.4 is 0 Å². The molecule has 4 heterocycles.